The van der Waals surface area contributed by atoms with Crippen LogP contribution in [0, 0.1) is 0 Å². The summed E-state index contributed by atoms with van der Waals surface area (Å²) >= 11 is 0. The molecule has 0 unspecified atom stereocenters. The highest BCUT2D eigenvalue weighted by molar-refractivity contribution is 6.01. The Morgan fingerprint density at radius 1 is 0.871 bits per heavy atom. The lowest BCUT2D eigenvalue weighted by Crippen LogP contribution is -2.48. The largest absolute Gasteiger partial charge is 0.445 e. The average Bonchev–Trinajstić information content (AvgIpc) is 3.10. The molecule has 2 aromatic carbocycles. The Morgan fingerprint density at radius 2 is 1.42 bits per heavy atom. The Morgan fingerprint density at radius 3 is 2.00 bits per heavy atom. The van der Waals surface area contributed by atoms with Crippen LogP contribution in [0.25, 0.3) is 0 Å². The molecule has 0 aliphatic carbocycles. The Bertz CT molecular complexity index is 902. The van der Waals surface area contributed by atoms with E-state index in [4.69, 9.17) is 14.3 Å². The number of amides is 3. The lowest BCUT2D eigenvalue weighted by atomic mass is 10.2. The van der Waals surface area contributed by atoms with E-state index >= 15 is 0 Å². The second-order valence-corrected chi connectivity index (χ2v) is 6.75. The Labute approximate surface area is 178 Å². The molecule has 0 spiro atoms. The molecule has 1 atom stereocenters. The number of carbonyl (C=O) groups excluding carboxylic acids is 4. The van der Waals surface area contributed by atoms with Crippen molar-refractivity contribution in [1.82, 2.24) is 10.4 Å². The van der Waals surface area contributed by atoms with Gasteiger partial charge in [0.1, 0.15) is 6.61 Å². The van der Waals surface area contributed by atoms with Gasteiger partial charge in [-0.05, 0) is 11.1 Å². The van der Waals surface area contributed by atoms with Crippen molar-refractivity contribution in [1.29, 1.82) is 0 Å². The van der Waals surface area contributed by atoms with Crippen molar-refractivity contribution in [3.05, 3.63) is 71.8 Å². The summed E-state index contributed by atoms with van der Waals surface area (Å²) in [4.78, 5) is 53.0. The summed E-state index contributed by atoms with van der Waals surface area (Å²) in [6, 6.07) is 17.0. The van der Waals surface area contributed by atoms with Gasteiger partial charge < -0.3 is 19.6 Å². The summed E-state index contributed by atoms with van der Waals surface area (Å²) in [7, 11) is 0. The molecular formula is C22H22N2O7. The van der Waals surface area contributed by atoms with Crippen LogP contribution in [0.2, 0.25) is 0 Å². The number of hydrogen-bond acceptors (Lipinski definition) is 7. The first-order valence-corrected chi connectivity index (χ1v) is 9.69. The average molecular weight is 426 g/mol. The fourth-order valence-corrected chi connectivity index (χ4v) is 2.76. The van der Waals surface area contributed by atoms with Crippen LogP contribution < -0.4 is 5.32 Å². The molecule has 1 aliphatic rings. The van der Waals surface area contributed by atoms with Crippen LogP contribution in [0.5, 0.6) is 0 Å². The minimum Gasteiger partial charge on any atom is -0.445 e. The number of rotatable bonds is 9. The van der Waals surface area contributed by atoms with Gasteiger partial charge in [-0.15, -0.1) is 5.06 Å². The number of nitrogens with zero attached hydrogens (tertiary/aromatic N) is 1. The van der Waals surface area contributed by atoms with E-state index in [-0.39, 0.29) is 32.7 Å². The summed E-state index contributed by atoms with van der Waals surface area (Å²) in [5.74, 6) is -2.24. The summed E-state index contributed by atoms with van der Waals surface area (Å²) in [6.45, 7) is -0.0558. The van der Waals surface area contributed by atoms with Crippen LogP contribution >= 0.6 is 0 Å². The zero-order valence-corrected chi connectivity index (χ0v) is 16.7. The molecule has 0 radical (unpaired) electrons. The molecule has 2 aromatic rings. The topological polar surface area (TPSA) is 111 Å². The van der Waals surface area contributed by atoms with E-state index in [1.54, 1.807) is 24.3 Å². The molecule has 1 N–H and O–H groups in total. The highest BCUT2D eigenvalue weighted by Gasteiger charge is 2.35. The lowest BCUT2D eigenvalue weighted by molar-refractivity contribution is -0.199. The molecule has 0 bridgehead atoms. The van der Waals surface area contributed by atoms with Crippen molar-refractivity contribution >= 4 is 23.9 Å². The summed E-state index contributed by atoms with van der Waals surface area (Å²) in [5.41, 5.74) is 1.64. The van der Waals surface area contributed by atoms with Gasteiger partial charge in [0, 0.05) is 12.8 Å². The quantitative estimate of drug-likeness (QED) is 0.611. The van der Waals surface area contributed by atoms with Crippen molar-refractivity contribution in [2.75, 3.05) is 6.61 Å². The van der Waals surface area contributed by atoms with Crippen molar-refractivity contribution in [3.63, 3.8) is 0 Å². The number of imide groups is 1. The Hall–Kier alpha value is -3.72. The van der Waals surface area contributed by atoms with E-state index in [0.717, 1.165) is 11.1 Å². The van der Waals surface area contributed by atoms with Crippen LogP contribution in [-0.4, -0.2) is 41.6 Å². The van der Waals surface area contributed by atoms with Gasteiger partial charge in [0.2, 0.25) is 0 Å². The molecule has 0 aromatic heterocycles. The molecule has 31 heavy (non-hydrogen) atoms. The first kappa shape index (κ1) is 22.0. The van der Waals surface area contributed by atoms with E-state index in [1.165, 1.54) is 0 Å². The minimum absolute atomic E-state index is 0.00239. The number of ether oxygens (including phenoxy) is 2. The smallest absolute Gasteiger partial charge is 0.408 e. The number of hydrogen-bond donors (Lipinski definition) is 1. The van der Waals surface area contributed by atoms with E-state index in [1.807, 2.05) is 36.4 Å². The van der Waals surface area contributed by atoms with Gasteiger partial charge in [-0.3, -0.25) is 9.59 Å². The number of benzene rings is 2. The maximum Gasteiger partial charge on any atom is 0.408 e. The number of alkyl carbamates (subject to hydrolysis) is 1. The van der Waals surface area contributed by atoms with Crippen LogP contribution in [-0.2, 0) is 41.9 Å². The first-order chi connectivity index (χ1) is 15.0. The van der Waals surface area contributed by atoms with E-state index < -0.39 is 29.9 Å². The van der Waals surface area contributed by atoms with Gasteiger partial charge in [0.25, 0.3) is 11.8 Å². The summed E-state index contributed by atoms with van der Waals surface area (Å²) < 4.78 is 10.7. The predicted molar refractivity (Wildman–Crippen MR) is 107 cm³/mol. The zero-order valence-electron chi connectivity index (χ0n) is 16.7. The fourth-order valence-electron chi connectivity index (χ4n) is 2.76. The lowest BCUT2D eigenvalue weighted by Gasteiger charge is -2.20. The van der Waals surface area contributed by atoms with Gasteiger partial charge in [-0.25, -0.2) is 9.59 Å². The number of nitrogens with one attached hydrogen (secondary N) is 1. The second kappa shape index (κ2) is 10.9. The normalized spacial score (nSPS) is 14.3. The predicted octanol–water partition coefficient (Wildman–Crippen LogP) is 2.11. The molecular weight excluding hydrogens is 404 g/mol. The maximum absolute atomic E-state index is 12.5. The molecule has 1 saturated heterocycles. The van der Waals surface area contributed by atoms with Crippen LogP contribution in [0.3, 0.4) is 0 Å². The Balaban J connectivity index is 1.58. The third-order valence-electron chi connectivity index (χ3n) is 4.37. The van der Waals surface area contributed by atoms with Crippen LogP contribution in [0.1, 0.15) is 24.0 Å². The SMILES string of the molecule is O=C(N[C@H](COCc1ccccc1)C(=O)ON1C(=O)CCC1=O)OCc1ccccc1. The first-order valence-electron chi connectivity index (χ1n) is 9.69. The van der Waals surface area contributed by atoms with Gasteiger partial charge in [-0.1, -0.05) is 60.7 Å². The van der Waals surface area contributed by atoms with Crippen LogP contribution in [0.4, 0.5) is 4.79 Å². The van der Waals surface area contributed by atoms with Crippen molar-refractivity contribution in [3.8, 4) is 0 Å². The van der Waals surface area contributed by atoms with E-state index in [2.05, 4.69) is 5.32 Å². The number of hydroxylamine groups is 2. The molecule has 1 fully saturated rings. The van der Waals surface area contributed by atoms with Crippen molar-refractivity contribution in [2.24, 2.45) is 0 Å². The molecule has 0 saturated carbocycles. The molecule has 9 nitrogen and oxygen atoms in total. The monoisotopic (exact) mass is 426 g/mol. The van der Waals surface area contributed by atoms with Gasteiger partial charge in [-0.2, -0.15) is 0 Å². The highest BCUT2D eigenvalue weighted by atomic mass is 16.7. The molecule has 3 amide bonds. The van der Waals surface area contributed by atoms with Crippen molar-refractivity contribution < 1.29 is 33.5 Å². The molecule has 1 aliphatic heterocycles. The van der Waals surface area contributed by atoms with E-state index in [0.29, 0.717) is 5.06 Å². The Kier molecular flexibility index (Phi) is 7.72. The van der Waals surface area contributed by atoms with E-state index in [9.17, 15) is 19.2 Å². The third-order valence-corrected chi connectivity index (χ3v) is 4.37. The maximum atomic E-state index is 12.5. The standard InChI is InChI=1S/C22H22N2O7/c25-19-11-12-20(26)24(19)31-21(27)18(15-29-13-16-7-3-1-4-8-16)23-22(28)30-14-17-9-5-2-6-10-17/h1-10,18H,11-15H2,(H,23,28)/t18-/m1/s1. The molecule has 3 rings (SSSR count). The van der Waals surface area contributed by atoms with Crippen LogP contribution in [0.15, 0.2) is 60.7 Å². The number of carbonyl (C=O) groups is 4. The zero-order chi connectivity index (χ0) is 22.1. The van der Waals surface area contributed by atoms with Crippen molar-refractivity contribution in [2.45, 2.75) is 32.1 Å². The molecule has 162 valence electrons. The van der Waals surface area contributed by atoms with Gasteiger partial charge in [0.15, 0.2) is 6.04 Å². The highest BCUT2D eigenvalue weighted by Crippen LogP contribution is 2.13. The molecule has 9 heteroatoms. The summed E-state index contributed by atoms with van der Waals surface area (Å²) in [5, 5.41) is 2.79. The summed E-state index contributed by atoms with van der Waals surface area (Å²) in [6.07, 6.45) is -0.935. The third kappa shape index (κ3) is 6.65. The minimum atomic E-state index is -1.28. The molecule has 1 heterocycles. The second-order valence-electron chi connectivity index (χ2n) is 6.75. The van der Waals surface area contributed by atoms with Gasteiger partial charge in [0.05, 0.1) is 13.2 Å². The fraction of sp³-hybridized carbons (Fsp3) is 0.273. The van der Waals surface area contributed by atoms with Gasteiger partial charge >= 0.3 is 12.1 Å².